The van der Waals surface area contributed by atoms with Gasteiger partial charge in [0.1, 0.15) is 30.5 Å². The van der Waals surface area contributed by atoms with E-state index in [9.17, 15) is 19.2 Å². The van der Waals surface area contributed by atoms with Gasteiger partial charge in [-0.25, -0.2) is 19.6 Å². The number of methoxy groups -OCH3 is 2. The van der Waals surface area contributed by atoms with E-state index in [0.717, 1.165) is 100 Å². The Morgan fingerprint density at radius 3 is 2.06 bits per heavy atom. The second-order valence-electron chi connectivity index (χ2n) is 15.8. The minimum Gasteiger partial charge on any atom is -0.492 e. The van der Waals surface area contributed by atoms with Gasteiger partial charge in [0.25, 0.3) is 0 Å². The van der Waals surface area contributed by atoms with Gasteiger partial charge in [-0.15, -0.1) is 0 Å². The van der Waals surface area contributed by atoms with Gasteiger partial charge >= 0.3 is 12.2 Å². The van der Waals surface area contributed by atoms with Crippen LogP contribution in [0.2, 0.25) is 0 Å². The molecule has 15 nitrogen and oxygen atoms in total. The zero-order valence-corrected chi connectivity index (χ0v) is 36.7. The number of likely N-dealkylation sites (tertiary alicyclic amines) is 1. The lowest BCUT2D eigenvalue weighted by molar-refractivity contribution is -0.131. The van der Waals surface area contributed by atoms with E-state index in [1.165, 1.54) is 27.1 Å². The number of H-pyrrole nitrogens is 2. The molecule has 2 aromatic heterocycles. The number of alkyl carbamates (subject to hydrolysis) is 2. The van der Waals surface area contributed by atoms with Gasteiger partial charge in [-0.1, -0.05) is 89.8 Å². The molecule has 0 unspecified atom stereocenters. The smallest absolute Gasteiger partial charge is 0.407 e. The van der Waals surface area contributed by atoms with Crippen molar-refractivity contribution in [3.8, 4) is 39.3 Å². The van der Waals surface area contributed by atoms with Gasteiger partial charge in [0.2, 0.25) is 11.8 Å². The van der Waals surface area contributed by atoms with Crippen LogP contribution >= 0.6 is 0 Å². The first-order chi connectivity index (χ1) is 30.1. The summed E-state index contributed by atoms with van der Waals surface area (Å²) in [5, 5.41) is 8.06. The van der Waals surface area contributed by atoms with Crippen LogP contribution in [0.3, 0.4) is 0 Å². The number of imidazole rings is 2. The third kappa shape index (κ3) is 10.4. The molecule has 2 fully saturated rings. The van der Waals surface area contributed by atoms with Gasteiger partial charge in [-0.05, 0) is 72.2 Å². The molecule has 5 N–H and O–H groups in total. The Labute approximate surface area is 363 Å². The monoisotopic (exact) mass is 848 g/mol. The fourth-order valence-corrected chi connectivity index (χ4v) is 8.15. The maximum absolute atomic E-state index is 13.0. The number of nitrogens with zero attached hydrogens (tertiary/aromatic N) is 3. The molecule has 5 aromatic rings. The number of benzene rings is 3. The number of aromatic amines is 2. The van der Waals surface area contributed by atoms with Crippen molar-refractivity contribution in [1.29, 1.82) is 0 Å². The maximum atomic E-state index is 13.0. The van der Waals surface area contributed by atoms with E-state index in [1.54, 1.807) is 4.90 Å². The Morgan fingerprint density at radius 1 is 0.790 bits per heavy atom. The van der Waals surface area contributed by atoms with Crippen LogP contribution in [0, 0.1) is 0 Å². The first-order valence-electron chi connectivity index (χ1n) is 21.8. The molecule has 1 saturated heterocycles. The van der Waals surface area contributed by atoms with Crippen molar-refractivity contribution in [2.45, 2.75) is 97.1 Å². The van der Waals surface area contributed by atoms with Crippen molar-refractivity contribution in [3.05, 3.63) is 78.0 Å². The van der Waals surface area contributed by atoms with E-state index >= 15 is 0 Å². The predicted molar refractivity (Wildman–Crippen MR) is 238 cm³/mol. The summed E-state index contributed by atoms with van der Waals surface area (Å²) in [6.07, 6.45) is 6.92. The van der Waals surface area contributed by atoms with Crippen LogP contribution in [-0.2, 0) is 31.0 Å². The highest BCUT2D eigenvalue weighted by Gasteiger charge is 2.40. The fraction of sp³-hybridized carbons (Fsp3) is 0.447. The first kappa shape index (κ1) is 45.2. The number of nitrogens with one attached hydrogen (secondary N) is 5. The SMILES string of the molecule is CCC.CCC.COC(=O)NCC(=O)NC1(c2nc3ccc(-c4ccc(-c5ccc6c(c5)OCCc5[nH]c([C@@H]7CCCN7C(=O)CNC(=O)OC)nc5-6)cc4)cc3[nH]2)CCCC1. The Balaban J connectivity index is 0.00000101. The largest absolute Gasteiger partial charge is 0.492 e. The number of aromatic nitrogens is 4. The standard InChI is InChI=1S/C41H44N8O7.2C3H8/c1-54-39(52)42-22-34(50)48-41(16-3-4-17-41)38-45-29-14-12-26(20-31(29)46-38)24-7-9-25(10-8-24)27-11-13-28-33(21-27)56-19-15-30-36(28)47-37(44-30)32-6-5-18-49(32)35(51)23-43-40(53)55-2;2*1-3-2/h7-14,20-21,32H,3-6,15-19,22-23H2,1-2H3,(H,42,52)(H,43,53)(H,44,47)(H,45,46)(H,48,50);2*3H2,1-2H3/t32-;;/m0../s1. The van der Waals surface area contributed by atoms with Crippen LogP contribution in [0.5, 0.6) is 5.75 Å². The van der Waals surface area contributed by atoms with Crippen molar-refractivity contribution in [2.24, 2.45) is 0 Å². The van der Waals surface area contributed by atoms with Crippen molar-refractivity contribution >= 4 is 35.0 Å². The number of carbonyl (C=O) groups excluding carboxylic acids is 4. The average Bonchev–Trinajstić information content (AvgIpc) is 4.11. The minimum absolute atomic E-state index is 0.131. The summed E-state index contributed by atoms with van der Waals surface area (Å²) in [4.78, 5) is 67.4. The molecule has 8 rings (SSSR count). The lowest BCUT2D eigenvalue weighted by Gasteiger charge is -2.28. The van der Waals surface area contributed by atoms with Crippen molar-refractivity contribution < 1.29 is 33.4 Å². The van der Waals surface area contributed by atoms with Crippen LogP contribution in [0.15, 0.2) is 60.7 Å². The maximum Gasteiger partial charge on any atom is 0.407 e. The van der Waals surface area contributed by atoms with Crippen LogP contribution in [0.25, 0.3) is 44.5 Å². The van der Waals surface area contributed by atoms with E-state index in [2.05, 4.69) is 106 Å². The molecule has 330 valence electrons. The van der Waals surface area contributed by atoms with Crippen LogP contribution in [0.1, 0.15) is 102 Å². The zero-order chi connectivity index (χ0) is 44.2. The lowest BCUT2D eigenvalue weighted by Crippen LogP contribution is -2.48. The molecule has 62 heavy (non-hydrogen) atoms. The average molecular weight is 849 g/mol. The van der Waals surface area contributed by atoms with Crippen molar-refractivity contribution in [2.75, 3.05) is 40.5 Å². The lowest BCUT2D eigenvalue weighted by atomic mass is 9.96. The molecular weight excluding hydrogens is 789 g/mol. The van der Waals surface area contributed by atoms with Gasteiger partial charge in [0.15, 0.2) is 0 Å². The molecule has 3 aliphatic rings. The fourth-order valence-electron chi connectivity index (χ4n) is 8.15. The molecule has 4 heterocycles. The minimum atomic E-state index is -0.655. The van der Waals surface area contributed by atoms with Crippen LogP contribution < -0.4 is 20.7 Å². The molecule has 2 aliphatic heterocycles. The number of ether oxygens (including phenoxy) is 3. The van der Waals surface area contributed by atoms with Gasteiger partial charge in [0.05, 0.1) is 49.1 Å². The number of fused-ring (bicyclic) bond motifs is 4. The number of rotatable bonds is 9. The van der Waals surface area contributed by atoms with Crippen molar-refractivity contribution in [1.82, 2.24) is 40.8 Å². The van der Waals surface area contributed by atoms with Crippen LogP contribution in [-0.4, -0.2) is 89.3 Å². The molecule has 1 atom stereocenters. The van der Waals surface area contributed by atoms with Gasteiger partial charge < -0.3 is 45.0 Å². The molecule has 3 aromatic carbocycles. The van der Waals surface area contributed by atoms with Crippen LogP contribution in [0.4, 0.5) is 9.59 Å². The quantitative estimate of drug-likeness (QED) is 0.0970. The Bertz CT molecular complexity index is 2330. The summed E-state index contributed by atoms with van der Waals surface area (Å²) in [6, 6.07) is 20.5. The van der Waals surface area contributed by atoms with Gasteiger partial charge in [-0.3, -0.25) is 9.59 Å². The molecule has 0 spiro atoms. The molecule has 15 heteroatoms. The Hall–Kier alpha value is -6.38. The normalized spacial score (nSPS) is 15.9. The van der Waals surface area contributed by atoms with E-state index in [-0.39, 0.29) is 30.9 Å². The second kappa shape index (κ2) is 20.9. The van der Waals surface area contributed by atoms with Crippen molar-refractivity contribution in [3.63, 3.8) is 0 Å². The van der Waals surface area contributed by atoms with Gasteiger partial charge in [0, 0.05) is 24.2 Å². The van der Waals surface area contributed by atoms with E-state index in [0.29, 0.717) is 25.4 Å². The summed E-state index contributed by atoms with van der Waals surface area (Å²) >= 11 is 0. The number of hydrogen-bond acceptors (Lipinski definition) is 9. The van der Waals surface area contributed by atoms with E-state index < -0.39 is 17.7 Å². The molecule has 0 radical (unpaired) electrons. The number of hydrogen-bond donors (Lipinski definition) is 5. The summed E-state index contributed by atoms with van der Waals surface area (Å²) in [5.41, 5.74) is 7.89. The highest BCUT2D eigenvalue weighted by molar-refractivity contribution is 5.85. The third-order valence-corrected chi connectivity index (χ3v) is 11.0. The highest BCUT2D eigenvalue weighted by Crippen LogP contribution is 2.41. The topological polar surface area (TPSA) is 193 Å². The predicted octanol–water partition coefficient (Wildman–Crippen LogP) is 8.32. The summed E-state index contributed by atoms with van der Waals surface area (Å²) < 4.78 is 15.4. The Kier molecular flexibility index (Phi) is 15.2. The summed E-state index contributed by atoms with van der Waals surface area (Å²) in [6.45, 7) is 9.27. The molecular formula is C47H60N8O7. The third-order valence-electron chi connectivity index (χ3n) is 11.0. The molecule has 4 amide bonds. The summed E-state index contributed by atoms with van der Waals surface area (Å²) in [7, 11) is 2.53. The number of amides is 4. The summed E-state index contributed by atoms with van der Waals surface area (Å²) in [5.74, 6) is 1.73. The van der Waals surface area contributed by atoms with E-state index in [1.807, 2.05) is 18.2 Å². The zero-order valence-electron chi connectivity index (χ0n) is 36.7. The highest BCUT2D eigenvalue weighted by atomic mass is 16.5. The number of carbonyl (C=O) groups is 4. The molecule has 0 bridgehead atoms. The van der Waals surface area contributed by atoms with Gasteiger partial charge in [-0.2, -0.15) is 0 Å². The Morgan fingerprint density at radius 2 is 1.40 bits per heavy atom. The molecule has 1 aliphatic carbocycles. The second-order valence-corrected chi connectivity index (χ2v) is 15.8. The first-order valence-corrected chi connectivity index (χ1v) is 21.8. The molecule has 1 saturated carbocycles. The van der Waals surface area contributed by atoms with E-state index in [4.69, 9.17) is 14.7 Å².